The lowest BCUT2D eigenvalue weighted by atomic mass is 10.1. The van der Waals surface area contributed by atoms with Gasteiger partial charge in [-0.05, 0) is 32.0 Å². The third kappa shape index (κ3) is 10.8. The maximum Gasteiger partial charge on any atom is 0.326 e. The van der Waals surface area contributed by atoms with Crippen LogP contribution in [-0.2, 0) is 19.2 Å². The Bertz CT molecular complexity index is 966. The third-order valence-electron chi connectivity index (χ3n) is 5.76. The highest BCUT2D eigenvalue weighted by molar-refractivity contribution is 6.33. The number of amides is 3. The number of rotatable bonds is 9. The molecule has 0 unspecified atom stereocenters. The molecular formula is C24H36ClN5O8. The van der Waals surface area contributed by atoms with Gasteiger partial charge in [0, 0.05) is 32.0 Å². The van der Waals surface area contributed by atoms with Crippen molar-refractivity contribution in [2.24, 2.45) is 0 Å². The molecule has 38 heavy (non-hydrogen) atoms. The number of anilines is 1. The smallest absolute Gasteiger partial charge is 0.326 e. The minimum Gasteiger partial charge on any atom is -0.496 e. The zero-order valence-corrected chi connectivity index (χ0v) is 22.5. The minimum absolute atomic E-state index is 0.164. The number of ether oxygens (including phenoxy) is 1. The molecule has 1 aromatic rings. The summed E-state index contributed by atoms with van der Waals surface area (Å²) in [7, 11) is 1.50. The predicted molar refractivity (Wildman–Crippen MR) is 140 cm³/mol. The molecule has 0 spiro atoms. The lowest BCUT2D eigenvalue weighted by Crippen LogP contribution is -2.34. The van der Waals surface area contributed by atoms with Crippen LogP contribution in [-0.4, -0.2) is 90.1 Å². The van der Waals surface area contributed by atoms with E-state index in [9.17, 15) is 24.0 Å². The SMILES string of the molecule is CCN(CC)CCNC(=O)c1cc(Cl)c(N)cc1OC.O=C1CC[C@@H](C(=O)O)N1.O=C1CC[C@@H](C(=O)O)N1. The number of aliphatic carboxylic acids is 2. The number of methoxy groups -OCH3 is 1. The molecule has 13 nitrogen and oxygen atoms in total. The quantitative estimate of drug-likeness (QED) is 0.235. The van der Waals surface area contributed by atoms with E-state index in [2.05, 4.69) is 34.7 Å². The first-order valence-electron chi connectivity index (χ1n) is 12.1. The number of nitrogens with two attached hydrogens (primary N) is 1. The fraction of sp³-hybridized carbons (Fsp3) is 0.542. The lowest BCUT2D eigenvalue weighted by molar-refractivity contribution is -0.140. The summed E-state index contributed by atoms with van der Waals surface area (Å²) in [6, 6.07) is 1.80. The number of nitrogen functional groups attached to an aromatic ring is 1. The van der Waals surface area contributed by atoms with Crippen molar-refractivity contribution >= 4 is 46.9 Å². The van der Waals surface area contributed by atoms with Crippen LogP contribution < -0.4 is 26.4 Å². The van der Waals surface area contributed by atoms with E-state index in [1.165, 1.54) is 13.2 Å². The molecule has 0 radical (unpaired) electrons. The molecule has 2 aliphatic rings. The van der Waals surface area contributed by atoms with Gasteiger partial charge >= 0.3 is 11.9 Å². The Morgan fingerprint density at radius 2 is 1.55 bits per heavy atom. The van der Waals surface area contributed by atoms with Crippen molar-refractivity contribution in [2.45, 2.75) is 51.6 Å². The van der Waals surface area contributed by atoms with Gasteiger partial charge in [-0.15, -0.1) is 0 Å². The third-order valence-corrected chi connectivity index (χ3v) is 6.09. The highest BCUT2D eigenvalue weighted by atomic mass is 35.5. The standard InChI is InChI=1S/C14H22ClN3O2.2C5H7NO3/c1-4-18(5-2)7-6-17-14(19)10-8-11(15)12(16)9-13(10)20-3;2*7-4-2-1-3(6-4)5(8)9/h8-9H,4-7,16H2,1-3H3,(H,17,19);2*3H,1-2H2,(H,6,7)(H,8,9)/t;2*3-/m.00/s1. The van der Waals surface area contributed by atoms with E-state index < -0.39 is 24.0 Å². The number of hydrogen-bond acceptors (Lipinski definition) is 8. The van der Waals surface area contributed by atoms with Gasteiger partial charge in [0.15, 0.2) is 0 Å². The number of halogens is 1. The van der Waals surface area contributed by atoms with E-state index in [0.717, 1.165) is 19.6 Å². The number of carbonyl (C=O) groups is 5. The van der Waals surface area contributed by atoms with Crippen molar-refractivity contribution in [3.63, 3.8) is 0 Å². The summed E-state index contributed by atoms with van der Waals surface area (Å²) in [6.07, 6.45) is 1.54. The van der Waals surface area contributed by atoms with E-state index in [-0.39, 0.29) is 17.7 Å². The number of carboxylic acid groups (broad SMARTS) is 2. The fourth-order valence-electron chi connectivity index (χ4n) is 3.48. The highest BCUT2D eigenvalue weighted by Gasteiger charge is 2.27. The van der Waals surface area contributed by atoms with Gasteiger partial charge in [0.2, 0.25) is 11.8 Å². The second-order valence-electron chi connectivity index (χ2n) is 8.35. The Labute approximate surface area is 226 Å². The summed E-state index contributed by atoms with van der Waals surface area (Å²) in [6.45, 7) is 7.49. The van der Waals surface area contributed by atoms with Crippen LogP contribution in [0.5, 0.6) is 5.75 Å². The summed E-state index contributed by atoms with van der Waals surface area (Å²) in [5, 5.41) is 24.5. The van der Waals surface area contributed by atoms with Crippen LogP contribution in [0.25, 0.3) is 0 Å². The zero-order chi connectivity index (χ0) is 28.8. The van der Waals surface area contributed by atoms with Crippen LogP contribution in [0.3, 0.4) is 0 Å². The van der Waals surface area contributed by atoms with E-state index in [1.807, 2.05) is 0 Å². The number of benzene rings is 1. The normalized spacial score (nSPS) is 17.8. The molecule has 1 aromatic carbocycles. The van der Waals surface area contributed by atoms with Crippen molar-refractivity contribution < 1.29 is 38.9 Å². The van der Waals surface area contributed by atoms with Crippen molar-refractivity contribution in [1.82, 2.24) is 20.9 Å². The van der Waals surface area contributed by atoms with Crippen LogP contribution in [0.2, 0.25) is 5.02 Å². The number of nitrogens with zero attached hydrogens (tertiary/aromatic N) is 1. The molecule has 2 fully saturated rings. The van der Waals surface area contributed by atoms with Crippen molar-refractivity contribution in [1.29, 1.82) is 0 Å². The molecule has 14 heteroatoms. The maximum absolute atomic E-state index is 12.1. The van der Waals surface area contributed by atoms with Crippen LogP contribution in [0.1, 0.15) is 49.9 Å². The van der Waals surface area contributed by atoms with E-state index in [0.29, 0.717) is 54.3 Å². The molecule has 0 bridgehead atoms. The molecule has 3 amide bonds. The van der Waals surface area contributed by atoms with Gasteiger partial charge in [-0.3, -0.25) is 14.4 Å². The van der Waals surface area contributed by atoms with E-state index in [4.69, 9.17) is 32.3 Å². The van der Waals surface area contributed by atoms with Crippen LogP contribution >= 0.6 is 11.6 Å². The molecule has 2 heterocycles. The van der Waals surface area contributed by atoms with Crippen molar-refractivity contribution in [3.05, 3.63) is 22.7 Å². The van der Waals surface area contributed by atoms with Gasteiger partial charge in [0.25, 0.3) is 5.91 Å². The van der Waals surface area contributed by atoms with Crippen LogP contribution in [0.15, 0.2) is 12.1 Å². The van der Waals surface area contributed by atoms with Gasteiger partial charge in [0.1, 0.15) is 17.8 Å². The van der Waals surface area contributed by atoms with Crippen molar-refractivity contribution in [2.75, 3.05) is 39.0 Å². The number of carboxylic acids is 2. The minimum atomic E-state index is -0.944. The average molecular weight is 558 g/mol. The van der Waals surface area contributed by atoms with Gasteiger partial charge in [-0.25, -0.2) is 9.59 Å². The predicted octanol–water partition coefficient (Wildman–Crippen LogP) is 0.702. The molecule has 2 aliphatic heterocycles. The van der Waals surface area contributed by atoms with Gasteiger partial charge < -0.3 is 41.5 Å². The van der Waals surface area contributed by atoms with Gasteiger partial charge in [0.05, 0.1) is 23.4 Å². The monoisotopic (exact) mass is 557 g/mol. The molecule has 0 saturated carbocycles. The number of hydrogen-bond donors (Lipinski definition) is 6. The first kappa shape index (κ1) is 32.4. The molecule has 212 valence electrons. The average Bonchev–Trinajstić information content (AvgIpc) is 3.52. The first-order chi connectivity index (χ1) is 17.9. The number of nitrogens with one attached hydrogen (secondary N) is 3. The molecule has 0 aliphatic carbocycles. The Kier molecular flexibility index (Phi) is 13.9. The van der Waals surface area contributed by atoms with Gasteiger partial charge in [-0.2, -0.15) is 0 Å². The Morgan fingerprint density at radius 3 is 1.89 bits per heavy atom. The molecular weight excluding hydrogens is 522 g/mol. The molecule has 2 saturated heterocycles. The number of carbonyl (C=O) groups excluding carboxylic acids is 3. The summed E-state index contributed by atoms with van der Waals surface area (Å²) >= 11 is 5.95. The zero-order valence-electron chi connectivity index (χ0n) is 21.7. The maximum atomic E-state index is 12.1. The topological polar surface area (TPSA) is 200 Å². The summed E-state index contributed by atoms with van der Waals surface area (Å²) in [4.78, 5) is 55.4. The Morgan fingerprint density at radius 1 is 1.05 bits per heavy atom. The summed E-state index contributed by atoms with van der Waals surface area (Å²) in [5.74, 6) is -2.00. The number of likely N-dealkylation sites (N-methyl/N-ethyl adjacent to an activating group) is 1. The summed E-state index contributed by atoms with van der Waals surface area (Å²) in [5.41, 5.74) is 6.48. The summed E-state index contributed by atoms with van der Waals surface area (Å²) < 4.78 is 5.16. The molecule has 0 aromatic heterocycles. The second kappa shape index (κ2) is 16.3. The first-order valence-corrected chi connectivity index (χ1v) is 12.5. The highest BCUT2D eigenvalue weighted by Crippen LogP contribution is 2.28. The molecule has 7 N–H and O–H groups in total. The Hall–Kier alpha value is -3.58. The van der Waals surface area contributed by atoms with E-state index in [1.54, 1.807) is 6.07 Å². The lowest BCUT2D eigenvalue weighted by Gasteiger charge is -2.18. The van der Waals surface area contributed by atoms with Gasteiger partial charge in [-0.1, -0.05) is 25.4 Å². The van der Waals surface area contributed by atoms with Crippen molar-refractivity contribution in [3.8, 4) is 5.75 Å². The molecule has 3 rings (SSSR count). The fourth-order valence-corrected chi connectivity index (χ4v) is 3.64. The molecule has 2 atom stereocenters. The second-order valence-corrected chi connectivity index (χ2v) is 8.76. The van der Waals surface area contributed by atoms with E-state index >= 15 is 0 Å². The van der Waals surface area contributed by atoms with Crippen LogP contribution in [0, 0.1) is 0 Å². The largest absolute Gasteiger partial charge is 0.496 e. The Balaban J connectivity index is 0.000000329. The van der Waals surface area contributed by atoms with Crippen LogP contribution in [0.4, 0.5) is 5.69 Å².